The zero-order valence-electron chi connectivity index (χ0n) is 10.8. The molecule has 0 aromatic heterocycles. The van der Waals surface area contributed by atoms with E-state index in [0.29, 0.717) is 11.5 Å². The number of hydrogen-bond donors (Lipinski definition) is 2. The van der Waals surface area contributed by atoms with E-state index >= 15 is 0 Å². The van der Waals surface area contributed by atoms with Crippen molar-refractivity contribution < 1.29 is 9.18 Å². The van der Waals surface area contributed by atoms with Crippen LogP contribution < -0.4 is 10.6 Å². The van der Waals surface area contributed by atoms with Crippen LogP contribution in [0, 0.1) is 18.7 Å². The van der Waals surface area contributed by atoms with E-state index in [9.17, 15) is 9.18 Å². The molecule has 1 fully saturated rings. The van der Waals surface area contributed by atoms with E-state index in [2.05, 4.69) is 17.6 Å². The molecule has 3 nitrogen and oxygen atoms in total. The van der Waals surface area contributed by atoms with Gasteiger partial charge in [0.25, 0.3) is 5.91 Å². The van der Waals surface area contributed by atoms with Crippen molar-refractivity contribution in [2.75, 3.05) is 13.1 Å². The smallest absolute Gasteiger partial charge is 0.251 e. The summed E-state index contributed by atoms with van der Waals surface area (Å²) in [6.07, 6.45) is 0.918. The van der Waals surface area contributed by atoms with Gasteiger partial charge in [-0.3, -0.25) is 4.79 Å². The third kappa shape index (κ3) is 2.88. The van der Waals surface area contributed by atoms with Crippen LogP contribution in [-0.2, 0) is 0 Å². The Morgan fingerprint density at radius 1 is 1.50 bits per heavy atom. The van der Waals surface area contributed by atoms with Crippen molar-refractivity contribution in [3.63, 3.8) is 0 Å². The normalized spacial score (nSPS) is 23.7. The Labute approximate surface area is 107 Å². The highest BCUT2D eigenvalue weighted by atomic mass is 19.1. The standard InChI is InChI=1S/C14H19FN2O/c1-9-3-4-11(15)7-12(9)14(18)17-13-5-6-16-8-10(13)2/h3-4,7,10,13,16H,5-6,8H2,1-2H3,(H,17,18)/t10-,13+/m0/s1. The van der Waals surface area contributed by atoms with Gasteiger partial charge in [0.05, 0.1) is 0 Å². The van der Waals surface area contributed by atoms with Gasteiger partial charge in [-0.1, -0.05) is 13.0 Å². The predicted molar refractivity (Wildman–Crippen MR) is 69.0 cm³/mol. The molecule has 1 heterocycles. The average molecular weight is 250 g/mol. The molecule has 1 aromatic carbocycles. The van der Waals surface area contributed by atoms with Gasteiger partial charge in [0.15, 0.2) is 0 Å². The summed E-state index contributed by atoms with van der Waals surface area (Å²) in [6.45, 7) is 5.75. The molecule has 2 rings (SSSR count). The lowest BCUT2D eigenvalue weighted by molar-refractivity contribution is 0.0913. The molecule has 98 valence electrons. The molecule has 0 unspecified atom stereocenters. The van der Waals surface area contributed by atoms with Crippen LogP contribution in [0.15, 0.2) is 18.2 Å². The molecule has 0 bridgehead atoms. The first kappa shape index (κ1) is 13.0. The number of rotatable bonds is 2. The molecule has 0 aliphatic carbocycles. The number of carbonyl (C=O) groups is 1. The molecule has 1 aliphatic heterocycles. The maximum absolute atomic E-state index is 13.2. The molecule has 18 heavy (non-hydrogen) atoms. The zero-order chi connectivity index (χ0) is 13.1. The molecular weight excluding hydrogens is 231 g/mol. The predicted octanol–water partition coefficient (Wildman–Crippen LogP) is 1.86. The van der Waals surface area contributed by atoms with E-state index in [1.807, 2.05) is 6.92 Å². The van der Waals surface area contributed by atoms with Crippen LogP contribution in [0.4, 0.5) is 4.39 Å². The largest absolute Gasteiger partial charge is 0.349 e. The first-order valence-corrected chi connectivity index (χ1v) is 6.35. The van der Waals surface area contributed by atoms with E-state index in [1.165, 1.54) is 12.1 Å². The van der Waals surface area contributed by atoms with Gasteiger partial charge in [0, 0.05) is 11.6 Å². The maximum atomic E-state index is 13.2. The summed E-state index contributed by atoms with van der Waals surface area (Å²) in [6, 6.07) is 4.48. The van der Waals surface area contributed by atoms with Gasteiger partial charge in [-0.05, 0) is 50.0 Å². The lowest BCUT2D eigenvalue weighted by Crippen LogP contribution is -2.48. The number of hydrogen-bond acceptors (Lipinski definition) is 2. The number of amides is 1. The summed E-state index contributed by atoms with van der Waals surface area (Å²) in [7, 11) is 0. The van der Waals surface area contributed by atoms with Crippen molar-refractivity contribution in [2.45, 2.75) is 26.3 Å². The van der Waals surface area contributed by atoms with E-state index in [0.717, 1.165) is 25.1 Å². The lowest BCUT2D eigenvalue weighted by Gasteiger charge is -2.30. The highest BCUT2D eigenvalue weighted by molar-refractivity contribution is 5.95. The minimum atomic E-state index is -0.371. The minimum absolute atomic E-state index is 0.168. The highest BCUT2D eigenvalue weighted by Gasteiger charge is 2.23. The van der Waals surface area contributed by atoms with Crippen LogP contribution in [0.3, 0.4) is 0 Å². The van der Waals surface area contributed by atoms with Gasteiger partial charge in [0.1, 0.15) is 5.82 Å². The van der Waals surface area contributed by atoms with Crippen LogP contribution in [0.25, 0.3) is 0 Å². The van der Waals surface area contributed by atoms with Gasteiger partial charge in [-0.15, -0.1) is 0 Å². The van der Waals surface area contributed by atoms with Crippen molar-refractivity contribution in [3.05, 3.63) is 35.1 Å². The van der Waals surface area contributed by atoms with E-state index in [1.54, 1.807) is 6.07 Å². The van der Waals surface area contributed by atoms with Gasteiger partial charge in [-0.25, -0.2) is 4.39 Å². The molecule has 1 aliphatic rings. The second-order valence-electron chi connectivity index (χ2n) is 5.01. The first-order chi connectivity index (χ1) is 8.58. The summed E-state index contributed by atoms with van der Waals surface area (Å²) in [5, 5.41) is 6.29. The van der Waals surface area contributed by atoms with E-state index in [-0.39, 0.29) is 17.8 Å². The third-order valence-electron chi connectivity index (χ3n) is 3.55. The minimum Gasteiger partial charge on any atom is -0.349 e. The summed E-state index contributed by atoms with van der Waals surface area (Å²) >= 11 is 0. The maximum Gasteiger partial charge on any atom is 0.251 e. The number of aryl methyl sites for hydroxylation is 1. The lowest BCUT2D eigenvalue weighted by atomic mass is 9.94. The van der Waals surface area contributed by atoms with Gasteiger partial charge in [0.2, 0.25) is 0 Å². The van der Waals surface area contributed by atoms with Crippen LogP contribution >= 0.6 is 0 Å². The van der Waals surface area contributed by atoms with Gasteiger partial charge < -0.3 is 10.6 Å². The molecule has 0 spiro atoms. The Kier molecular flexibility index (Phi) is 3.97. The molecule has 1 aromatic rings. The number of carbonyl (C=O) groups excluding carboxylic acids is 1. The Bertz CT molecular complexity index is 447. The average Bonchev–Trinajstić information content (AvgIpc) is 2.35. The fraction of sp³-hybridized carbons (Fsp3) is 0.500. The zero-order valence-corrected chi connectivity index (χ0v) is 10.8. The van der Waals surface area contributed by atoms with E-state index < -0.39 is 0 Å². The third-order valence-corrected chi connectivity index (χ3v) is 3.55. The van der Waals surface area contributed by atoms with E-state index in [4.69, 9.17) is 0 Å². The molecule has 4 heteroatoms. The second kappa shape index (κ2) is 5.48. The summed E-state index contributed by atoms with van der Waals surface area (Å²) in [5.41, 5.74) is 1.23. The van der Waals surface area contributed by atoms with Crippen molar-refractivity contribution in [1.29, 1.82) is 0 Å². The van der Waals surface area contributed by atoms with Crippen LogP contribution in [0.1, 0.15) is 29.3 Å². The molecule has 1 amide bonds. The number of piperidine rings is 1. The monoisotopic (exact) mass is 250 g/mol. The van der Waals surface area contributed by atoms with Crippen molar-refractivity contribution in [3.8, 4) is 0 Å². The Morgan fingerprint density at radius 2 is 2.28 bits per heavy atom. The van der Waals surface area contributed by atoms with Crippen molar-refractivity contribution in [2.24, 2.45) is 5.92 Å². The Balaban J connectivity index is 2.09. The molecule has 0 saturated carbocycles. The summed E-state index contributed by atoms with van der Waals surface area (Å²) in [4.78, 5) is 12.1. The number of benzene rings is 1. The van der Waals surface area contributed by atoms with Crippen molar-refractivity contribution in [1.82, 2.24) is 10.6 Å². The number of halogens is 1. The second-order valence-corrected chi connectivity index (χ2v) is 5.01. The SMILES string of the molecule is Cc1ccc(F)cc1C(=O)N[C@@H]1CCNC[C@@H]1C. The number of nitrogens with one attached hydrogen (secondary N) is 2. The molecule has 2 atom stereocenters. The van der Waals surface area contributed by atoms with Gasteiger partial charge >= 0.3 is 0 Å². The topological polar surface area (TPSA) is 41.1 Å². The van der Waals surface area contributed by atoms with Crippen LogP contribution in [0.2, 0.25) is 0 Å². The summed E-state index contributed by atoms with van der Waals surface area (Å²) < 4.78 is 13.2. The molecule has 2 N–H and O–H groups in total. The summed E-state index contributed by atoms with van der Waals surface area (Å²) in [5.74, 6) is -0.147. The molecule has 1 saturated heterocycles. The fourth-order valence-electron chi connectivity index (χ4n) is 2.31. The first-order valence-electron chi connectivity index (χ1n) is 6.35. The molecule has 0 radical (unpaired) electrons. The van der Waals surface area contributed by atoms with Gasteiger partial charge in [-0.2, -0.15) is 0 Å². The van der Waals surface area contributed by atoms with Crippen molar-refractivity contribution >= 4 is 5.91 Å². The fourth-order valence-corrected chi connectivity index (χ4v) is 2.31. The molecular formula is C14H19FN2O. The van der Waals surface area contributed by atoms with Crippen LogP contribution in [-0.4, -0.2) is 25.0 Å². The Hall–Kier alpha value is -1.42. The van der Waals surface area contributed by atoms with Crippen LogP contribution in [0.5, 0.6) is 0 Å². The Morgan fingerprint density at radius 3 is 3.00 bits per heavy atom. The quantitative estimate of drug-likeness (QED) is 0.841. The highest BCUT2D eigenvalue weighted by Crippen LogP contribution is 2.14.